The smallest absolute Gasteiger partial charge is 0.228 e. The van der Waals surface area contributed by atoms with Crippen molar-refractivity contribution in [2.75, 3.05) is 11.1 Å². The molecule has 4 aromatic carbocycles. The molecular weight excluding hydrogens is 470 g/mol. The van der Waals surface area contributed by atoms with Gasteiger partial charge in [0.25, 0.3) is 0 Å². The third-order valence-corrected chi connectivity index (χ3v) is 5.93. The van der Waals surface area contributed by atoms with Crippen molar-refractivity contribution in [3.05, 3.63) is 121 Å². The first-order chi connectivity index (χ1) is 18.7. The molecule has 6 aromatic rings. The first kappa shape index (κ1) is 23.0. The van der Waals surface area contributed by atoms with Crippen molar-refractivity contribution in [3.8, 4) is 45.3 Å². The number of hydrogen-bond donors (Lipinski definition) is 2. The Morgan fingerprint density at radius 3 is 1.53 bits per heavy atom. The highest BCUT2D eigenvalue weighted by molar-refractivity contribution is 5.72. The van der Waals surface area contributed by atoms with Gasteiger partial charge in [-0.05, 0) is 18.2 Å². The Bertz CT molecular complexity index is 1630. The standard InChI is InChI=1S/C31H23N7/c32-30-37-28(23-15-8-3-9-16-23)36-29(38-30)24-17-10-18-25(19-24)33-31-34-26(21-11-4-1-5-12-21)20-27(35-31)22-13-6-2-7-14-22/h1-20H,(H,33,34,35)(H2,32,36,37,38). The van der Waals surface area contributed by atoms with Gasteiger partial charge in [0.1, 0.15) is 0 Å². The fourth-order valence-corrected chi connectivity index (χ4v) is 4.12. The van der Waals surface area contributed by atoms with Gasteiger partial charge >= 0.3 is 0 Å². The second-order valence-electron chi connectivity index (χ2n) is 8.61. The molecule has 0 atom stereocenters. The first-order valence-corrected chi connectivity index (χ1v) is 12.2. The molecule has 0 saturated heterocycles. The van der Waals surface area contributed by atoms with Crippen LogP contribution in [-0.2, 0) is 0 Å². The zero-order valence-electron chi connectivity index (χ0n) is 20.4. The van der Waals surface area contributed by atoms with Crippen molar-refractivity contribution in [1.82, 2.24) is 24.9 Å². The van der Waals surface area contributed by atoms with Gasteiger partial charge in [0.05, 0.1) is 11.4 Å². The van der Waals surface area contributed by atoms with E-state index in [-0.39, 0.29) is 5.95 Å². The normalized spacial score (nSPS) is 10.7. The molecule has 0 aliphatic heterocycles. The van der Waals surface area contributed by atoms with Crippen molar-refractivity contribution in [1.29, 1.82) is 0 Å². The second-order valence-corrected chi connectivity index (χ2v) is 8.61. The lowest BCUT2D eigenvalue weighted by molar-refractivity contribution is 1.08. The molecule has 0 aliphatic rings. The van der Waals surface area contributed by atoms with Gasteiger partial charge in [-0.15, -0.1) is 0 Å². The molecular formula is C31H23N7. The number of benzene rings is 4. The highest BCUT2D eigenvalue weighted by Gasteiger charge is 2.12. The van der Waals surface area contributed by atoms with Crippen LogP contribution in [0, 0.1) is 0 Å². The molecule has 6 rings (SSSR count). The van der Waals surface area contributed by atoms with Crippen LogP contribution >= 0.6 is 0 Å². The third kappa shape index (κ3) is 5.08. The fraction of sp³-hybridized carbons (Fsp3) is 0. The van der Waals surface area contributed by atoms with Crippen LogP contribution in [0.25, 0.3) is 45.3 Å². The van der Waals surface area contributed by atoms with Crippen LogP contribution in [0.15, 0.2) is 121 Å². The molecule has 0 aliphatic carbocycles. The SMILES string of the molecule is Nc1nc(-c2ccccc2)nc(-c2cccc(Nc3nc(-c4ccccc4)cc(-c4ccccc4)n3)c2)n1. The summed E-state index contributed by atoms with van der Waals surface area (Å²) in [6.45, 7) is 0. The number of nitrogen functional groups attached to an aromatic ring is 1. The third-order valence-electron chi connectivity index (χ3n) is 5.93. The molecule has 0 fully saturated rings. The lowest BCUT2D eigenvalue weighted by Gasteiger charge is -2.11. The summed E-state index contributed by atoms with van der Waals surface area (Å²) in [6, 6.07) is 39.6. The van der Waals surface area contributed by atoms with Gasteiger partial charge < -0.3 is 11.1 Å². The summed E-state index contributed by atoms with van der Waals surface area (Å²) in [5.74, 6) is 1.67. The molecule has 0 unspecified atom stereocenters. The van der Waals surface area contributed by atoms with Crippen LogP contribution in [-0.4, -0.2) is 24.9 Å². The Morgan fingerprint density at radius 2 is 0.947 bits per heavy atom. The molecule has 7 heteroatoms. The monoisotopic (exact) mass is 493 g/mol. The summed E-state index contributed by atoms with van der Waals surface area (Å²) in [5, 5.41) is 3.37. The average molecular weight is 494 g/mol. The molecule has 3 N–H and O–H groups in total. The zero-order valence-corrected chi connectivity index (χ0v) is 20.4. The summed E-state index contributed by atoms with van der Waals surface area (Å²) in [6.07, 6.45) is 0. The van der Waals surface area contributed by atoms with E-state index in [1.165, 1.54) is 0 Å². The number of hydrogen-bond acceptors (Lipinski definition) is 7. The summed E-state index contributed by atoms with van der Waals surface area (Å²) < 4.78 is 0. The molecule has 0 bridgehead atoms. The number of rotatable bonds is 6. The lowest BCUT2D eigenvalue weighted by atomic mass is 10.1. The summed E-state index contributed by atoms with van der Waals surface area (Å²) >= 11 is 0. The Kier molecular flexibility index (Phi) is 6.22. The first-order valence-electron chi connectivity index (χ1n) is 12.2. The van der Waals surface area contributed by atoms with E-state index in [0.717, 1.165) is 39.3 Å². The molecule has 0 spiro atoms. The van der Waals surface area contributed by atoms with Gasteiger partial charge in [-0.25, -0.2) is 15.0 Å². The van der Waals surface area contributed by atoms with Crippen LogP contribution in [0.1, 0.15) is 0 Å². The quantitative estimate of drug-likeness (QED) is 0.268. The number of nitrogens with two attached hydrogens (primary N) is 1. The molecule has 0 radical (unpaired) electrons. The van der Waals surface area contributed by atoms with E-state index in [1.807, 2.05) is 121 Å². The minimum Gasteiger partial charge on any atom is -0.368 e. The maximum absolute atomic E-state index is 6.04. The van der Waals surface area contributed by atoms with Crippen LogP contribution in [0.4, 0.5) is 17.6 Å². The fourth-order valence-electron chi connectivity index (χ4n) is 4.12. The number of aromatic nitrogens is 5. The second kappa shape index (κ2) is 10.3. The highest BCUT2D eigenvalue weighted by atomic mass is 15.1. The van der Waals surface area contributed by atoms with E-state index in [4.69, 9.17) is 15.7 Å². The minimum atomic E-state index is 0.165. The van der Waals surface area contributed by atoms with Crippen LogP contribution in [0.3, 0.4) is 0 Å². The largest absolute Gasteiger partial charge is 0.368 e. The van der Waals surface area contributed by atoms with Crippen molar-refractivity contribution in [3.63, 3.8) is 0 Å². The van der Waals surface area contributed by atoms with Gasteiger partial charge in [-0.1, -0.05) is 103 Å². The summed E-state index contributed by atoms with van der Waals surface area (Å²) in [4.78, 5) is 23.0. The topological polar surface area (TPSA) is 102 Å². The Labute approximate surface area is 220 Å². The molecule has 2 aromatic heterocycles. The Morgan fingerprint density at radius 1 is 0.447 bits per heavy atom. The molecule has 0 saturated carbocycles. The molecule has 7 nitrogen and oxygen atoms in total. The number of anilines is 3. The van der Waals surface area contributed by atoms with Crippen LogP contribution < -0.4 is 11.1 Å². The van der Waals surface area contributed by atoms with E-state index in [9.17, 15) is 0 Å². The predicted molar refractivity (Wildman–Crippen MR) is 151 cm³/mol. The van der Waals surface area contributed by atoms with Gasteiger partial charge in [0, 0.05) is 27.9 Å². The van der Waals surface area contributed by atoms with Gasteiger partial charge in [0.2, 0.25) is 11.9 Å². The predicted octanol–water partition coefficient (Wildman–Crippen LogP) is 6.66. The number of nitrogens with zero attached hydrogens (tertiary/aromatic N) is 5. The Balaban J connectivity index is 1.37. The van der Waals surface area contributed by atoms with E-state index in [0.29, 0.717) is 17.6 Å². The zero-order chi connectivity index (χ0) is 25.7. The highest BCUT2D eigenvalue weighted by Crippen LogP contribution is 2.28. The molecule has 2 heterocycles. The molecule has 38 heavy (non-hydrogen) atoms. The van der Waals surface area contributed by atoms with E-state index in [1.54, 1.807) is 0 Å². The van der Waals surface area contributed by atoms with E-state index >= 15 is 0 Å². The Hall–Kier alpha value is -5.43. The van der Waals surface area contributed by atoms with E-state index < -0.39 is 0 Å². The number of nitrogens with one attached hydrogen (secondary N) is 1. The van der Waals surface area contributed by atoms with Gasteiger partial charge in [-0.2, -0.15) is 9.97 Å². The molecule has 182 valence electrons. The molecule has 0 amide bonds. The average Bonchev–Trinajstić information content (AvgIpc) is 2.98. The van der Waals surface area contributed by atoms with Crippen molar-refractivity contribution in [2.45, 2.75) is 0 Å². The van der Waals surface area contributed by atoms with Gasteiger partial charge in [0.15, 0.2) is 11.6 Å². The lowest BCUT2D eigenvalue weighted by Crippen LogP contribution is -2.03. The van der Waals surface area contributed by atoms with Crippen LogP contribution in [0.5, 0.6) is 0 Å². The summed E-state index contributed by atoms with van der Waals surface area (Å²) in [7, 11) is 0. The van der Waals surface area contributed by atoms with Crippen LogP contribution in [0.2, 0.25) is 0 Å². The summed E-state index contributed by atoms with van der Waals surface area (Å²) in [5.41, 5.74) is 12.2. The minimum absolute atomic E-state index is 0.165. The van der Waals surface area contributed by atoms with Crippen molar-refractivity contribution < 1.29 is 0 Å². The maximum Gasteiger partial charge on any atom is 0.228 e. The van der Waals surface area contributed by atoms with Crippen molar-refractivity contribution >= 4 is 17.6 Å². The maximum atomic E-state index is 6.04. The van der Waals surface area contributed by atoms with Crippen molar-refractivity contribution in [2.24, 2.45) is 0 Å². The van der Waals surface area contributed by atoms with Gasteiger partial charge in [-0.3, -0.25) is 0 Å². The van der Waals surface area contributed by atoms with E-state index in [2.05, 4.69) is 20.3 Å².